The van der Waals surface area contributed by atoms with Gasteiger partial charge in [0.2, 0.25) is 11.8 Å². The van der Waals surface area contributed by atoms with Gasteiger partial charge in [-0.3, -0.25) is 14.5 Å². The van der Waals surface area contributed by atoms with Gasteiger partial charge in [-0.15, -0.1) is 0 Å². The maximum absolute atomic E-state index is 12.4. The molecule has 0 unspecified atom stereocenters. The second kappa shape index (κ2) is 4.36. The zero-order valence-corrected chi connectivity index (χ0v) is 11.8. The first-order valence-electron chi connectivity index (χ1n) is 7.18. The number of imide groups is 1. The summed E-state index contributed by atoms with van der Waals surface area (Å²) in [7, 11) is 1.62. The lowest BCUT2D eigenvalue weighted by Gasteiger charge is -2.38. The molecule has 0 aromatic heterocycles. The van der Waals surface area contributed by atoms with Gasteiger partial charge in [-0.25, -0.2) is 0 Å². The van der Waals surface area contributed by atoms with Crippen molar-refractivity contribution < 1.29 is 14.3 Å². The fourth-order valence-corrected chi connectivity index (χ4v) is 3.83. The second-order valence-corrected chi connectivity index (χ2v) is 6.25. The third-order valence-corrected chi connectivity index (χ3v) is 4.91. The summed E-state index contributed by atoms with van der Waals surface area (Å²) in [6.07, 6.45) is 2.69. The van der Waals surface area contributed by atoms with Crippen molar-refractivity contribution in [2.45, 2.75) is 33.1 Å². The van der Waals surface area contributed by atoms with Gasteiger partial charge in [0.25, 0.3) is 0 Å². The normalized spacial score (nSPS) is 34.5. The molecule has 0 radical (unpaired) electrons. The van der Waals surface area contributed by atoms with E-state index in [4.69, 9.17) is 4.74 Å². The Morgan fingerprint density at radius 3 is 2.68 bits per heavy atom. The van der Waals surface area contributed by atoms with Crippen molar-refractivity contribution in [3.63, 3.8) is 0 Å². The Labute approximate surface area is 113 Å². The summed E-state index contributed by atoms with van der Waals surface area (Å²) in [6, 6.07) is 0. The molecule has 1 fully saturated rings. The minimum atomic E-state index is -0.242. The minimum absolute atomic E-state index is 0.00539. The summed E-state index contributed by atoms with van der Waals surface area (Å²) in [5.41, 5.74) is 1.11. The van der Waals surface area contributed by atoms with Gasteiger partial charge in [-0.05, 0) is 30.3 Å². The van der Waals surface area contributed by atoms with Gasteiger partial charge < -0.3 is 4.74 Å². The predicted octanol–water partition coefficient (Wildman–Crippen LogP) is 1.96. The average Bonchev–Trinajstić information content (AvgIpc) is 2.63. The summed E-state index contributed by atoms with van der Waals surface area (Å²) in [5.74, 6) is 1.19. The predicted molar refractivity (Wildman–Crippen MR) is 69.9 cm³/mol. The van der Waals surface area contributed by atoms with Crippen LogP contribution in [0, 0.1) is 23.7 Å². The summed E-state index contributed by atoms with van der Waals surface area (Å²) >= 11 is 0. The lowest BCUT2D eigenvalue weighted by atomic mass is 9.67. The molecule has 1 aliphatic carbocycles. The van der Waals surface area contributed by atoms with Crippen LogP contribution in [-0.2, 0) is 14.3 Å². The Morgan fingerprint density at radius 2 is 2.00 bits per heavy atom. The van der Waals surface area contributed by atoms with E-state index in [1.807, 2.05) is 0 Å². The monoisotopic (exact) mass is 263 g/mol. The average molecular weight is 263 g/mol. The number of carbonyl (C=O) groups is 2. The molecular formula is C15H21NO3. The molecule has 3 rings (SSSR count). The Morgan fingerprint density at radius 1 is 1.26 bits per heavy atom. The number of amides is 2. The third-order valence-electron chi connectivity index (χ3n) is 4.91. The van der Waals surface area contributed by atoms with Crippen LogP contribution in [0.1, 0.15) is 33.1 Å². The molecule has 2 heterocycles. The number of likely N-dealkylation sites (tertiary alicyclic amines) is 1. The molecule has 0 spiro atoms. The Kier molecular flexibility index (Phi) is 2.91. The van der Waals surface area contributed by atoms with Crippen molar-refractivity contribution in [3.05, 3.63) is 11.3 Å². The molecule has 104 valence electrons. The number of allylic oxidation sites excluding steroid dienone is 1. The summed E-state index contributed by atoms with van der Waals surface area (Å²) in [5, 5.41) is 0. The Hall–Kier alpha value is -1.32. The van der Waals surface area contributed by atoms with Gasteiger partial charge in [0.05, 0.1) is 24.2 Å². The first-order chi connectivity index (χ1) is 9.02. The van der Waals surface area contributed by atoms with E-state index in [1.165, 1.54) is 4.90 Å². The zero-order valence-electron chi connectivity index (χ0n) is 11.8. The van der Waals surface area contributed by atoms with Crippen LogP contribution in [0.2, 0.25) is 0 Å². The molecule has 0 aromatic rings. The van der Waals surface area contributed by atoms with Crippen LogP contribution in [0.5, 0.6) is 0 Å². The first kappa shape index (κ1) is 12.7. The summed E-state index contributed by atoms with van der Waals surface area (Å²) < 4.78 is 5.79. The van der Waals surface area contributed by atoms with Crippen LogP contribution in [-0.4, -0.2) is 30.4 Å². The van der Waals surface area contributed by atoms with E-state index in [0.717, 1.165) is 37.2 Å². The van der Waals surface area contributed by atoms with Gasteiger partial charge >= 0.3 is 0 Å². The molecule has 3 atom stereocenters. The van der Waals surface area contributed by atoms with Crippen molar-refractivity contribution in [1.29, 1.82) is 0 Å². The molecule has 19 heavy (non-hydrogen) atoms. The fourth-order valence-electron chi connectivity index (χ4n) is 3.83. The summed E-state index contributed by atoms with van der Waals surface area (Å²) in [6.45, 7) is 5.01. The van der Waals surface area contributed by atoms with Crippen molar-refractivity contribution in [2.24, 2.45) is 23.7 Å². The number of nitrogens with zero attached hydrogens (tertiary/aromatic N) is 1. The molecule has 2 aliphatic heterocycles. The molecule has 0 bridgehead atoms. The van der Waals surface area contributed by atoms with Crippen LogP contribution >= 0.6 is 0 Å². The lowest BCUT2D eigenvalue weighted by Crippen LogP contribution is -2.37. The number of ether oxygens (including phenoxy) is 1. The Balaban J connectivity index is 2.07. The van der Waals surface area contributed by atoms with E-state index in [1.54, 1.807) is 7.05 Å². The van der Waals surface area contributed by atoms with E-state index >= 15 is 0 Å². The van der Waals surface area contributed by atoms with E-state index in [0.29, 0.717) is 5.92 Å². The molecule has 0 saturated carbocycles. The van der Waals surface area contributed by atoms with Gasteiger partial charge in [0, 0.05) is 13.5 Å². The number of carbonyl (C=O) groups excluding carboxylic acids is 2. The smallest absolute Gasteiger partial charge is 0.237 e. The summed E-state index contributed by atoms with van der Waals surface area (Å²) in [4.78, 5) is 26.1. The van der Waals surface area contributed by atoms with E-state index in [-0.39, 0.29) is 29.6 Å². The molecule has 0 N–H and O–H groups in total. The van der Waals surface area contributed by atoms with Crippen molar-refractivity contribution >= 4 is 11.8 Å². The van der Waals surface area contributed by atoms with Gasteiger partial charge in [0.15, 0.2) is 0 Å². The van der Waals surface area contributed by atoms with E-state index in [2.05, 4.69) is 13.8 Å². The lowest BCUT2D eigenvalue weighted by molar-refractivity contribution is -0.138. The van der Waals surface area contributed by atoms with Crippen LogP contribution in [0.3, 0.4) is 0 Å². The highest BCUT2D eigenvalue weighted by atomic mass is 16.5. The fraction of sp³-hybridized carbons (Fsp3) is 0.733. The number of rotatable bonds is 1. The Bertz CT molecular complexity index is 466. The number of hydrogen-bond donors (Lipinski definition) is 0. The largest absolute Gasteiger partial charge is 0.498 e. The molecule has 0 aromatic carbocycles. The van der Waals surface area contributed by atoms with Gasteiger partial charge in [-0.2, -0.15) is 0 Å². The van der Waals surface area contributed by atoms with E-state index in [9.17, 15) is 9.59 Å². The quantitative estimate of drug-likeness (QED) is 0.679. The van der Waals surface area contributed by atoms with Crippen LogP contribution in [0.15, 0.2) is 11.3 Å². The molecular weight excluding hydrogens is 242 g/mol. The van der Waals surface area contributed by atoms with Crippen LogP contribution in [0.4, 0.5) is 0 Å². The molecule has 4 heteroatoms. The minimum Gasteiger partial charge on any atom is -0.498 e. The zero-order chi connectivity index (χ0) is 13.7. The van der Waals surface area contributed by atoms with Gasteiger partial charge in [-0.1, -0.05) is 13.8 Å². The van der Waals surface area contributed by atoms with Crippen molar-refractivity contribution in [2.75, 3.05) is 13.7 Å². The van der Waals surface area contributed by atoms with Crippen LogP contribution in [0.25, 0.3) is 0 Å². The first-order valence-corrected chi connectivity index (χ1v) is 7.18. The molecule has 2 amide bonds. The van der Waals surface area contributed by atoms with E-state index < -0.39 is 0 Å². The van der Waals surface area contributed by atoms with Gasteiger partial charge in [0.1, 0.15) is 0 Å². The third kappa shape index (κ3) is 1.72. The SMILES string of the molecule is CC(C)[C@@H]1CC2=C(CCCO2)[C@@H]2C(=O)N(C)C(=O)[C@@H]21. The van der Waals surface area contributed by atoms with Crippen LogP contribution < -0.4 is 0 Å². The maximum atomic E-state index is 12.4. The second-order valence-electron chi connectivity index (χ2n) is 6.25. The molecule has 3 aliphatic rings. The topological polar surface area (TPSA) is 46.6 Å². The highest BCUT2D eigenvalue weighted by Gasteiger charge is 2.54. The maximum Gasteiger partial charge on any atom is 0.237 e. The standard InChI is InChI=1S/C15H21NO3/c1-8(2)10-7-11-9(5-4-6-19-11)12-13(10)15(18)16(3)14(12)17/h8,10,12-13H,4-7H2,1-3H3/t10-,12-,13+/m0/s1. The molecule has 4 nitrogen and oxygen atoms in total. The number of fused-ring (bicyclic) bond motifs is 2. The van der Waals surface area contributed by atoms with Crippen molar-refractivity contribution in [3.8, 4) is 0 Å². The molecule has 1 saturated heterocycles. The highest BCUT2D eigenvalue weighted by Crippen LogP contribution is 2.49. The number of hydrogen-bond acceptors (Lipinski definition) is 3. The van der Waals surface area contributed by atoms with Crippen molar-refractivity contribution in [1.82, 2.24) is 4.90 Å². The highest BCUT2D eigenvalue weighted by molar-refractivity contribution is 6.06.